The second kappa shape index (κ2) is 5.64. The van der Waals surface area contributed by atoms with Gasteiger partial charge in [-0.05, 0) is 13.8 Å². The normalized spacial score (nSPS) is 37.9. The van der Waals surface area contributed by atoms with Crippen LogP contribution in [0.25, 0.3) is 4.85 Å². The lowest BCUT2D eigenvalue weighted by Gasteiger charge is -2.21. The largest absolute Gasteiger partial charge is 0.361 e. The molecule has 2 saturated heterocycles. The van der Waals surface area contributed by atoms with Crippen molar-refractivity contribution in [3.63, 3.8) is 0 Å². The zero-order valence-corrected chi connectivity index (χ0v) is 11.7. The van der Waals surface area contributed by atoms with Crippen LogP contribution in [0.5, 0.6) is 0 Å². The molecule has 18 heavy (non-hydrogen) atoms. The van der Waals surface area contributed by atoms with E-state index in [2.05, 4.69) is 14.1 Å². The highest BCUT2D eigenvalue weighted by Crippen LogP contribution is 2.40. The van der Waals surface area contributed by atoms with Gasteiger partial charge < -0.3 is 18.9 Å². The van der Waals surface area contributed by atoms with Gasteiger partial charge in [-0.2, -0.15) is 0 Å². The number of nitrogens with zero attached hydrogens (tertiary/aromatic N) is 1. The van der Waals surface area contributed by atoms with Crippen molar-refractivity contribution < 1.29 is 18.9 Å². The minimum atomic E-state index is -0.555. The molecule has 2 aliphatic heterocycles. The SMILES string of the molecule is [C-]#[N+]COC/C=C\[C@H]1O[C@H](P)C2OC(C)(C)O[C@@H]21. The van der Waals surface area contributed by atoms with E-state index in [-0.39, 0.29) is 30.9 Å². The first-order valence-corrected chi connectivity index (χ1v) is 6.54. The van der Waals surface area contributed by atoms with Crippen LogP contribution in [0.15, 0.2) is 12.2 Å². The predicted molar refractivity (Wildman–Crippen MR) is 68.8 cm³/mol. The van der Waals surface area contributed by atoms with Gasteiger partial charge in [-0.25, -0.2) is 6.57 Å². The van der Waals surface area contributed by atoms with Crippen molar-refractivity contribution in [3.8, 4) is 0 Å². The Bertz CT molecular complexity index is 366. The van der Waals surface area contributed by atoms with Crippen LogP contribution in [0.4, 0.5) is 0 Å². The summed E-state index contributed by atoms with van der Waals surface area (Å²) in [5.41, 5.74) is 0. The highest BCUT2D eigenvalue weighted by molar-refractivity contribution is 7.17. The fourth-order valence-corrected chi connectivity index (χ4v) is 2.65. The highest BCUT2D eigenvalue weighted by Gasteiger charge is 2.52. The summed E-state index contributed by atoms with van der Waals surface area (Å²) in [4.78, 5) is 3.10. The summed E-state index contributed by atoms with van der Waals surface area (Å²) in [7, 11) is 2.64. The van der Waals surface area contributed by atoms with Crippen molar-refractivity contribution in [1.82, 2.24) is 0 Å². The van der Waals surface area contributed by atoms with Crippen LogP contribution < -0.4 is 0 Å². The molecule has 0 aromatic carbocycles. The average Bonchev–Trinajstić information content (AvgIpc) is 2.75. The molecule has 0 bridgehead atoms. The summed E-state index contributed by atoms with van der Waals surface area (Å²) in [5.74, 6) is -0.615. The van der Waals surface area contributed by atoms with E-state index in [4.69, 9.17) is 25.5 Å². The molecule has 5 nitrogen and oxygen atoms in total. The first-order chi connectivity index (χ1) is 8.53. The molecule has 0 aromatic heterocycles. The zero-order valence-electron chi connectivity index (χ0n) is 10.5. The van der Waals surface area contributed by atoms with Crippen molar-refractivity contribution in [1.29, 1.82) is 0 Å². The number of rotatable bonds is 4. The lowest BCUT2D eigenvalue weighted by molar-refractivity contribution is -0.174. The zero-order chi connectivity index (χ0) is 13.2. The van der Waals surface area contributed by atoms with E-state index >= 15 is 0 Å². The maximum absolute atomic E-state index is 6.58. The van der Waals surface area contributed by atoms with Crippen molar-refractivity contribution in [2.75, 3.05) is 13.3 Å². The number of hydrogen-bond donors (Lipinski definition) is 0. The molecule has 2 heterocycles. The van der Waals surface area contributed by atoms with Crippen molar-refractivity contribution >= 4 is 9.24 Å². The van der Waals surface area contributed by atoms with Crippen LogP contribution in [0.3, 0.4) is 0 Å². The van der Waals surface area contributed by atoms with E-state index in [1.165, 1.54) is 0 Å². The molecule has 0 aliphatic carbocycles. The molecule has 5 atom stereocenters. The van der Waals surface area contributed by atoms with Crippen molar-refractivity contribution in [3.05, 3.63) is 23.6 Å². The summed E-state index contributed by atoms with van der Waals surface area (Å²) in [6, 6.07) is 0. The maximum atomic E-state index is 6.58. The summed E-state index contributed by atoms with van der Waals surface area (Å²) in [6.45, 7) is 10.9. The molecule has 2 aliphatic rings. The Balaban J connectivity index is 1.89. The maximum Gasteiger partial charge on any atom is 0.318 e. The van der Waals surface area contributed by atoms with E-state index in [1.807, 2.05) is 26.0 Å². The quantitative estimate of drug-likeness (QED) is 0.337. The van der Waals surface area contributed by atoms with Gasteiger partial charge >= 0.3 is 6.73 Å². The second-order valence-electron chi connectivity index (χ2n) is 4.72. The standard InChI is InChI=1S/C12H18NO4P/c1-12(2)16-9-8(5-4-6-14-7-13-3)15-11(18)10(9)17-12/h4-5,8-11H,6-7,18H2,1-2H3/b5-4-/t8-,9-,10?,11-/m1/s1. The van der Waals surface area contributed by atoms with Crippen LogP contribution in [-0.2, 0) is 18.9 Å². The Labute approximate surface area is 109 Å². The summed E-state index contributed by atoms with van der Waals surface area (Å²) < 4.78 is 22.4. The molecular weight excluding hydrogens is 253 g/mol. The molecule has 0 amide bonds. The van der Waals surface area contributed by atoms with Gasteiger partial charge in [0, 0.05) is 0 Å². The first-order valence-electron chi connectivity index (χ1n) is 5.88. The monoisotopic (exact) mass is 271 g/mol. The molecule has 2 rings (SSSR count). The van der Waals surface area contributed by atoms with Gasteiger partial charge in [-0.3, -0.25) is 4.85 Å². The fraction of sp³-hybridized carbons (Fsp3) is 0.750. The smallest absolute Gasteiger partial charge is 0.318 e. The second-order valence-corrected chi connectivity index (χ2v) is 5.37. The molecule has 0 N–H and O–H groups in total. The van der Waals surface area contributed by atoms with E-state index in [0.29, 0.717) is 6.61 Å². The predicted octanol–water partition coefficient (Wildman–Crippen LogP) is 1.56. The van der Waals surface area contributed by atoms with E-state index in [1.54, 1.807) is 0 Å². The van der Waals surface area contributed by atoms with Gasteiger partial charge in [0.25, 0.3) is 0 Å². The number of ether oxygens (including phenoxy) is 4. The molecule has 6 heteroatoms. The number of fused-ring (bicyclic) bond motifs is 1. The molecule has 0 aromatic rings. The minimum absolute atomic E-state index is 0.0520. The fourth-order valence-electron chi connectivity index (χ4n) is 2.17. The lowest BCUT2D eigenvalue weighted by atomic mass is 10.1. The third kappa shape index (κ3) is 3.09. The summed E-state index contributed by atoms with van der Waals surface area (Å²) in [5, 5.41) is 0. The average molecular weight is 271 g/mol. The van der Waals surface area contributed by atoms with Gasteiger partial charge in [0.15, 0.2) is 5.79 Å². The molecule has 0 saturated carbocycles. The molecular formula is C12H18NO4P. The Morgan fingerprint density at radius 2 is 2.11 bits per heavy atom. The first kappa shape index (κ1) is 13.9. The van der Waals surface area contributed by atoms with Crippen LogP contribution in [-0.4, -0.2) is 43.3 Å². The molecule has 2 unspecified atom stereocenters. The topological polar surface area (TPSA) is 41.3 Å². The van der Waals surface area contributed by atoms with Gasteiger partial charge in [0.1, 0.15) is 24.2 Å². The van der Waals surface area contributed by atoms with Crippen LogP contribution >= 0.6 is 9.24 Å². The highest BCUT2D eigenvalue weighted by atomic mass is 31.0. The van der Waals surface area contributed by atoms with Crippen molar-refractivity contribution in [2.24, 2.45) is 0 Å². The molecule has 0 spiro atoms. The van der Waals surface area contributed by atoms with Crippen molar-refractivity contribution in [2.45, 2.75) is 43.8 Å². The number of hydrogen-bond acceptors (Lipinski definition) is 4. The summed E-state index contributed by atoms with van der Waals surface area (Å²) in [6.07, 6.45) is 3.50. The molecule has 100 valence electrons. The molecule has 2 fully saturated rings. The Morgan fingerprint density at radius 1 is 1.39 bits per heavy atom. The molecule has 0 radical (unpaired) electrons. The van der Waals surface area contributed by atoms with Crippen LogP contribution in [0.2, 0.25) is 0 Å². The summed E-state index contributed by atoms with van der Waals surface area (Å²) >= 11 is 0. The third-order valence-corrected chi connectivity index (χ3v) is 3.36. The van der Waals surface area contributed by atoms with Gasteiger partial charge in [-0.15, -0.1) is 9.24 Å². The lowest BCUT2D eigenvalue weighted by Crippen LogP contribution is -2.28. The third-order valence-electron chi connectivity index (χ3n) is 2.82. The van der Waals surface area contributed by atoms with E-state index in [0.717, 1.165) is 0 Å². The van der Waals surface area contributed by atoms with E-state index < -0.39 is 5.79 Å². The van der Waals surface area contributed by atoms with Gasteiger partial charge in [-0.1, -0.05) is 12.2 Å². The van der Waals surface area contributed by atoms with Crippen LogP contribution in [0.1, 0.15) is 13.8 Å². The Hall–Kier alpha value is -0.500. The minimum Gasteiger partial charge on any atom is -0.361 e. The Morgan fingerprint density at radius 3 is 2.83 bits per heavy atom. The van der Waals surface area contributed by atoms with Gasteiger partial charge in [0.2, 0.25) is 0 Å². The van der Waals surface area contributed by atoms with E-state index in [9.17, 15) is 0 Å². The van der Waals surface area contributed by atoms with Crippen LogP contribution in [0, 0.1) is 6.57 Å². The Kier molecular flexibility index (Phi) is 4.37. The van der Waals surface area contributed by atoms with Gasteiger partial charge in [0.05, 0.1) is 6.61 Å².